The standard InChI is InChI=1S/C8H13N5O2.CH2O2/c1-12(5-4-9)7-3-2-6(13(14)15)8(10)11-7;2-1-3/h2-3H,4-5,9H2,1H3,(H2,10,11);1H,(H,2,3). The minimum atomic E-state index is -0.560. The number of hydrogen-bond acceptors (Lipinski definition) is 7. The molecule has 1 heterocycles. The predicted octanol–water partition coefficient (Wildman–Crippen LogP) is -0.332. The Morgan fingerprint density at radius 2 is 2.17 bits per heavy atom. The fourth-order valence-corrected chi connectivity index (χ4v) is 1.13. The van der Waals surface area contributed by atoms with Gasteiger partial charge in [-0.1, -0.05) is 0 Å². The maximum atomic E-state index is 10.5. The highest BCUT2D eigenvalue weighted by Gasteiger charge is 2.13. The van der Waals surface area contributed by atoms with Crippen LogP contribution in [0.5, 0.6) is 0 Å². The number of hydrogen-bond donors (Lipinski definition) is 3. The van der Waals surface area contributed by atoms with Crippen molar-refractivity contribution in [2.24, 2.45) is 5.73 Å². The van der Waals surface area contributed by atoms with E-state index in [-0.39, 0.29) is 18.0 Å². The van der Waals surface area contributed by atoms with Gasteiger partial charge in [-0.3, -0.25) is 14.9 Å². The van der Waals surface area contributed by atoms with E-state index in [0.29, 0.717) is 18.9 Å². The van der Waals surface area contributed by atoms with Crippen LogP contribution in [0, 0.1) is 10.1 Å². The first-order valence-electron chi connectivity index (χ1n) is 4.87. The summed E-state index contributed by atoms with van der Waals surface area (Å²) in [6.07, 6.45) is 0. The second kappa shape index (κ2) is 7.79. The largest absolute Gasteiger partial charge is 0.483 e. The van der Waals surface area contributed by atoms with E-state index >= 15 is 0 Å². The van der Waals surface area contributed by atoms with Crippen molar-refractivity contribution in [1.82, 2.24) is 4.98 Å². The number of rotatable bonds is 4. The first-order chi connectivity index (χ1) is 8.47. The zero-order valence-electron chi connectivity index (χ0n) is 9.81. The lowest BCUT2D eigenvalue weighted by Gasteiger charge is -2.16. The number of nitro groups is 1. The zero-order chi connectivity index (χ0) is 14.1. The molecule has 9 nitrogen and oxygen atoms in total. The van der Waals surface area contributed by atoms with E-state index in [4.69, 9.17) is 21.4 Å². The minimum Gasteiger partial charge on any atom is -0.483 e. The highest BCUT2D eigenvalue weighted by Crippen LogP contribution is 2.21. The van der Waals surface area contributed by atoms with E-state index in [1.54, 1.807) is 18.0 Å². The third kappa shape index (κ3) is 4.61. The predicted molar refractivity (Wildman–Crippen MR) is 66.3 cm³/mol. The third-order valence-corrected chi connectivity index (χ3v) is 1.94. The van der Waals surface area contributed by atoms with Crippen molar-refractivity contribution in [3.8, 4) is 0 Å². The van der Waals surface area contributed by atoms with Crippen molar-refractivity contribution in [2.45, 2.75) is 0 Å². The number of anilines is 2. The number of aromatic nitrogens is 1. The van der Waals surface area contributed by atoms with E-state index in [1.165, 1.54) is 6.07 Å². The van der Waals surface area contributed by atoms with Crippen LogP contribution in [0.2, 0.25) is 0 Å². The van der Waals surface area contributed by atoms with Crippen molar-refractivity contribution >= 4 is 23.8 Å². The summed E-state index contributed by atoms with van der Waals surface area (Å²) in [5.74, 6) is 0.491. The molecule has 0 spiro atoms. The van der Waals surface area contributed by atoms with Crippen molar-refractivity contribution in [1.29, 1.82) is 0 Å². The molecule has 0 amide bonds. The third-order valence-electron chi connectivity index (χ3n) is 1.94. The van der Waals surface area contributed by atoms with Gasteiger partial charge in [0, 0.05) is 26.2 Å². The van der Waals surface area contributed by atoms with Crippen molar-refractivity contribution in [3.63, 3.8) is 0 Å². The van der Waals surface area contributed by atoms with Crippen LogP contribution in [-0.2, 0) is 4.79 Å². The first-order valence-corrected chi connectivity index (χ1v) is 4.87. The number of nitrogen functional groups attached to an aromatic ring is 1. The lowest BCUT2D eigenvalue weighted by Crippen LogP contribution is -2.25. The van der Waals surface area contributed by atoms with E-state index in [1.807, 2.05) is 0 Å². The monoisotopic (exact) mass is 257 g/mol. The second-order valence-corrected chi connectivity index (χ2v) is 3.15. The van der Waals surface area contributed by atoms with Crippen LogP contribution in [0.4, 0.5) is 17.3 Å². The smallest absolute Gasteiger partial charge is 0.311 e. The molecule has 5 N–H and O–H groups in total. The average Bonchev–Trinajstić information content (AvgIpc) is 2.29. The van der Waals surface area contributed by atoms with Gasteiger partial charge in [0.05, 0.1) is 4.92 Å². The first kappa shape index (κ1) is 15.6. The molecule has 0 bridgehead atoms. The molecular formula is C9H15N5O4. The number of likely N-dealkylation sites (N-methyl/N-ethyl adjacent to an activating group) is 1. The summed E-state index contributed by atoms with van der Waals surface area (Å²) in [5.41, 5.74) is 10.6. The van der Waals surface area contributed by atoms with Gasteiger partial charge in [-0.05, 0) is 6.07 Å². The number of carbonyl (C=O) groups is 1. The summed E-state index contributed by atoms with van der Waals surface area (Å²) in [7, 11) is 1.79. The quantitative estimate of drug-likeness (QED) is 0.377. The SMILES string of the molecule is CN(CCN)c1ccc([N+](=O)[O-])c(N)n1.O=CO. The topological polar surface area (TPSA) is 149 Å². The van der Waals surface area contributed by atoms with Crippen molar-refractivity contribution < 1.29 is 14.8 Å². The Balaban J connectivity index is 0.000000873. The van der Waals surface area contributed by atoms with E-state index in [9.17, 15) is 10.1 Å². The molecule has 9 heteroatoms. The van der Waals surface area contributed by atoms with Gasteiger partial charge in [0.1, 0.15) is 5.82 Å². The molecule has 18 heavy (non-hydrogen) atoms. The number of nitrogens with two attached hydrogens (primary N) is 2. The molecule has 0 atom stereocenters. The number of pyridine rings is 1. The summed E-state index contributed by atoms with van der Waals surface area (Å²) in [6, 6.07) is 2.88. The molecule has 1 aromatic rings. The minimum absolute atomic E-state index is 0.0821. The molecule has 0 aliphatic carbocycles. The lowest BCUT2D eigenvalue weighted by molar-refractivity contribution is -0.384. The van der Waals surface area contributed by atoms with Crippen LogP contribution in [-0.4, -0.2) is 41.6 Å². The van der Waals surface area contributed by atoms with Crippen LogP contribution in [0.15, 0.2) is 12.1 Å². The molecule has 0 aromatic carbocycles. The van der Waals surface area contributed by atoms with Gasteiger partial charge < -0.3 is 21.5 Å². The van der Waals surface area contributed by atoms with Gasteiger partial charge in [0.25, 0.3) is 6.47 Å². The Bertz CT molecular complexity index is 412. The number of nitrogens with zero attached hydrogens (tertiary/aromatic N) is 3. The summed E-state index contributed by atoms with van der Waals surface area (Å²) in [4.78, 5) is 24.0. The fraction of sp³-hybridized carbons (Fsp3) is 0.333. The molecule has 0 fully saturated rings. The maximum absolute atomic E-state index is 10.5. The molecule has 1 aromatic heterocycles. The van der Waals surface area contributed by atoms with Gasteiger partial charge in [-0.25, -0.2) is 4.98 Å². The second-order valence-electron chi connectivity index (χ2n) is 3.15. The molecule has 0 unspecified atom stereocenters. The zero-order valence-corrected chi connectivity index (χ0v) is 9.81. The molecule has 0 aliphatic heterocycles. The fourth-order valence-electron chi connectivity index (χ4n) is 1.13. The molecule has 0 saturated carbocycles. The van der Waals surface area contributed by atoms with Gasteiger partial charge >= 0.3 is 5.69 Å². The number of carboxylic acid groups (broad SMARTS) is 1. The van der Waals surface area contributed by atoms with Crippen LogP contribution >= 0.6 is 0 Å². The summed E-state index contributed by atoms with van der Waals surface area (Å²) in [6.45, 7) is 0.847. The highest BCUT2D eigenvalue weighted by molar-refractivity contribution is 5.57. The van der Waals surface area contributed by atoms with Crippen LogP contribution < -0.4 is 16.4 Å². The van der Waals surface area contributed by atoms with Gasteiger partial charge in [-0.15, -0.1) is 0 Å². The lowest BCUT2D eigenvalue weighted by atomic mass is 10.3. The maximum Gasteiger partial charge on any atom is 0.311 e. The molecule has 100 valence electrons. The van der Waals surface area contributed by atoms with Crippen LogP contribution in [0.1, 0.15) is 0 Å². The molecular weight excluding hydrogens is 242 g/mol. The molecule has 1 rings (SSSR count). The van der Waals surface area contributed by atoms with Gasteiger partial charge in [-0.2, -0.15) is 0 Å². The summed E-state index contributed by atoms with van der Waals surface area (Å²) in [5, 5.41) is 17.4. The van der Waals surface area contributed by atoms with Crippen LogP contribution in [0.25, 0.3) is 0 Å². The molecule has 0 radical (unpaired) electrons. The van der Waals surface area contributed by atoms with Crippen molar-refractivity contribution in [3.05, 3.63) is 22.2 Å². The van der Waals surface area contributed by atoms with E-state index in [2.05, 4.69) is 4.98 Å². The van der Waals surface area contributed by atoms with Gasteiger partial charge in [0.15, 0.2) is 0 Å². The summed E-state index contributed by atoms with van der Waals surface area (Å²) < 4.78 is 0. The Kier molecular flexibility index (Phi) is 6.74. The normalized spacial score (nSPS) is 9.00. The molecule has 0 saturated heterocycles. The molecule has 0 aliphatic rings. The Labute approximate surface area is 103 Å². The van der Waals surface area contributed by atoms with Gasteiger partial charge in [0.2, 0.25) is 5.82 Å². The highest BCUT2D eigenvalue weighted by atomic mass is 16.6. The Morgan fingerprint density at radius 3 is 2.56 bits per heavy atom. The van der Waals surface area contributed by atoms with E-state index < -0.39 is 4.92 Å². The van der Waals surface area contributed by atoms with Crippen molar-refractivity contribution in [2.75, 3.05) is 30.8 Å². The summed E-state index contributed by atoms with van der Waals surface area (Å²) >= 11 is 0. The van der Waals surface area contributed by atoms with Crippen LogP contribution in [0.3, 0.4) is 0 Å². The Hall–Kier alpha value is -2.42. The van der Waals surface area contributed by atoms with E-state index in [0.717, 1.165) is 0 Å². The average molecular weight is 257 g/mol. The Morgan fingerprint density at radius 1 is 1.61 bits per heavy atom.